The van der Waals surface area contributed by atoms with Crippen LogP contribution >= 0.6 is 0 Å². The van der Waals surface area contributed by atoms with Gasteiger partial charge in [-0.1, -0.05) is 0 Å². The van der Waals surface area contributed by atoms with E-state index in [-0.39, 0.29) is 18.9 Å². The molecule has 0 fully saturated rings. The zero-order valence-electron chi connectivity index (χ0n) is 11.0. The summed E-state index contributed by atoms with van der Waals surface area (Å²) in [6.07, 6.45) is -0.155. The molecule has 0 heterocycles. The van der Waals surface area contributed by atoms with Gasteiger partial charge in [-0.2, -0.15) is 0 Å². The van der Waals surface area contributed by atoms with Gasteiger partial charge >= 0.3 is 12.0 Å². The second-order valence-electron chi connectivity index (χ2n) is 3.89. The van der Waals surface area contributed by atoms with Crippen molar-refractivity contribution < 1.29 is 19.5 Å². The van der Waals surface area contributed by atoms with Crippen molar-refractivity contribution in [3.63, 3.8) is 0 Å². The molecule has 1 unspecified atom stereocenters. The highest BCUT2D eigenvalue weighted by Gasteiger charge is 2.13. The van der Waals surface area contributed by atoms with Crippen molar-refractivity contribution in [1.29, 1.82) is 0 Å². The summed E-state index contributed by atoms with van der Waals surface area (Å²) < 4.78 is 0. The Balaban J connectivity index is 3.96. The quantitative estimate of drug-likeness (QED) is 0.600. The number of likely N-dealkylation sites (N-methyl/N-ethyl adjacent to an activating group) is 1. The molecule has 18 heavy (non-hydrogen) atoms. The molecule has 0 spiro atoms. The Morgan fingerprint density at radius 1 is 1.22 bits per heavy atom. The van der Waals surface area contributed by atoms with Crippen LogP contribution in [0.25, 0.3) is 0 Å². The highest BCUT2D eigenvalue weighted by atomic mass is 16.4. The van der Waals surface area contributed by atoms with Gasteiger partial charge in [-0.3, -0.25) is 9.59 Å². The Morgan fingerprint density at radius 3 is 2.22 bits per heavy atom. The molecule has 7 nitrogen and oxygen atoms in total. The molecular weight excluding hydrogens is 238 g/mol. The number of nitrogens with one attached hydrogen (secondary N) is 2. The molecule has 0 aliphatic carbocycles. The summed E-state index contributed by atoms with van der Waals surface area (Å²) in [7, 11) is 0. The molecule has 0 bridgehead atoms. The lowest BCUT2D eigenvalue weighted by molar-refractivity contribution is -0.137. The van der Waals surface area contributed by atoms with Crippen molar-refractivity contribution in [3.05, 3.63) is 0 Å². The number of nitrogens with zero attached hydrogens (tertiary/aromatic N) is 1. The fourth-order valence-corrected chi connectivity index (χ4v) is 1.43. The van der Waals surface area contributed by atoms with Gasteiger partial charge in [-0.05, 0) is 20.8 Å². The van der Waals surface area contributed by atoms with Gasteiger partial charge in [0, 0.05) is 19.1 Å². The standard InChI is InChI=1S/C11H21N3O4/c1-4-14(5-2)9(15)7-12-11(18)13-8(3)6-10(16)17/h8H,4-7H2,1-3H3,(H,16,17)(H2,12,13,18). The van der Waals surface area contributed by atoms with Crippen LogP contribution in [-0.2, 0) is 9.59 Å². The second kappa shape index (κ2) is 8.32. The number of amides is 3. The first-order valence-corrected chi connectivity index (χ1v) is 5.94. The van der Waals surface area contributed by atoms with Crippen molar-refractivity contribution in [2.24, 2.45) is 0 Å². The number of carbonyl (C=O) groups is 3. The number of carboxylic acid groups (broad SMARTS) is 1. The fourth-order valence-electron chi connectivity index (χ4n) is 1.43. The van der Waals surface area contributed by atoms with E-state index in [1.165, 1.54) is 0 Å². The second-order valence-corrected chi connectivity index (χ2v) is 3.89. The molecule has 0 saturated carbocycles. The van der Waals surface area contributed by atoms with E-state index in [1.807, 2.05) is 13.8 Å². The maximum absolute atomic E-state index is 11.6. The molecule has 0 aromatic heterocycles. The number of hydrogen-bond acceptors (Lipinski definition) is 3. The number of hydrogen-bond donors (Lipinski definition) is 3. The van der Waals surface area contributed by atoms with Crippen LogP contribution in [-0.4, -0.2) is 53.6 Å². The molecule has 0 radical (unpaired) electrons. The summed E-state index contributed by atoms with van der Waals surface area (Å²) in [5, 5.41) is 13.4. The van der Waals surface area contributed by atoms with E-state index in [1.54, 1.807) is 11.8 Å². The van der Waals surface area contributed by atoms with Gasteiger partial charge in [-0.25, -0.2) is 4.79 Å². The lowest BCUT2D eigenvalue weighted by Crippen LogP contribution is -2.46. The Hall–Kier alpha value is -1.79. The van der Waals surface area contributed by atoms with E-state index in [4.69, 9.17) is 5.11 Å². The summed E-state index contributed by atoms with van der Waals surface area (Å²) in [5.41, 5.74) is 0. The van der Waals surface area contributed by atoms with Gasteiger partial charge in [0.15, 0.2) is 0 Å². The first-order chi connectivity index (χ1) is 8.40. The van der Waals surface area contributed by atoms with Crippen LogP contribution in [0.3, 0.4) is 0 Å². The molecule has 3 N–H and O–H groups in total. The van der Waals surface area contributed by atoms with Crippen LogP contribution in [0, 0.1) is 0 Å². The number of urea groups is 1. The average Bonchev–Trinajstić information content (AvgIpc) is 2.26. The van der Waals surface area contributed by atoms with Crippen molar-refractivity contribution in [3.8, 4) is 0 Å². The van der Waals surface area contributed by atoms with Gasteiger partial charge in [0.25, 0.3) is 0 Å². The minimum atomic E-state index is -0.984. The van der Waals surface area contributed by atoms with Crippen LogP contribution in [0.4, 0.5) is 4.79 Å². The van der Waals surface area contributed by atoms with Gasteiger partial charge in [0.2, 0.25) is 5.91 Å². The van der Waals surface area contributed by atoms with E-state index in [9.17, 15) is 14.4 Å². The minimum absolute atomic E-state index is 0.0900. The van der Waals surface area contributed by atoms with E-state index < -0.39 is 18.0 Å². The van der Waals surface area contributed by atoms with E-state index in [2.05, 4.69) is 10.6 Å². The van der Waals surface area contributed by atoms with Crippen molar-refractivity contribution in [2.75, 3.05) is 19.6 Å². The highest BCUT2D eigenvalue weighted by Crippen LogP contribution is 1.90. The van der Waals surface area contributed by atoms with Crippen molar-refractivity contribution in [1.82, 2.24) is 15.5 Å². The van der Waals surface area contributed by atoms with Crippen LogP contribution in [0.15, 0.2) is 0 Å². The SMILES string of the molecule is CCN(CC)C(=O)CNC(=O)NC(C)CC(=O)O. The Labute approximate surface area is 107 Å². The molecule has 0 aromatic carbocycles. The Morgan fingerprint density at radius 2 is 1.78 bits per heavy atom. The smallest absolute Gasteiger partial charge is 0.315 e. The maximum Gasteiger partial charge on any atom is 0.315 e. The van der Waals surface area contributed by atoms with Crippen molar-refractivity contribution >= 4 is 17.9 Å². The van der Waals surface area contributed by atoms with E-state index in [0.717, 1.165) is 0 Å². The lowest BCUT2D eigenvalue weighted by Gasteiger charge is -2.19. The highest BCUT2D eigenvalue weighted by molar-refractivity contribution is 5.84. The summed E-state index contributed by atoms with van der Waals surface area (Å²) >= 11 is 0. The molecule has 0 rings (SSSR count). The molecule has 0 aliphatic heterocycles. The topological polar surface area (TPSA) is 98.7 Å². The van der Waals surface area contributed by atoms with E-state index in [0.29, 0.717) is 13.1 Å². The monoisotopic (exact) mass is 259 g/mol. The first kappa shape index (κ1) is 16.2. The number of carbonyl (C=O) groups excluding carboxylic acids is 2. The zero-order valence-corrected chi connectivity index (χ0v) is 11.0. The maximum atomic E-state index is 11.6. The summed E-state index contributed by atoms with van der Waals surface area (Å²) in [5.74, 6) is -1.15. The van der Waals surface area contributed by atoms with Crippen LogP contribution in [0.2, 0.25) is 0 Å². The molecular formula is C11H21N3O4. The van der Waals surface area contributed by atoms with Gasteiger partial charge in [0.1, 0.15) is 0 Å². The number of rotatable bonds is 7. The summed E-state index contributed by atoms with van der Waals surface area (Å²) in [6.45, 7) is 6.39. The van der Waals surface area contributed by atoms with Gasteiger partial charge in [0.05, 0.1) is 13.0 Å². The Kier molecular flexibility index (Phi) is 7.50. The largest absolute Gasteiger partial charge is 0.481 e. The predicted molar refractivity (Wildman–Crippen MR) is 66.2 cm³/mol. The number of carboxylic acids is 1. The zero-order chi connectivity index (χ0) is 14.1. The van der Waals surface area contributed by atoms with Crippen molar-refractivity contribution in [2.45, 2.75) is 33.2 Å². The van der Waals surface area contributed by atoms with Gasteiger partial charge < -0.3 is 20.6 Å². The Bertz CT molecular complexity index is 303. The first-order valence-electron chi connectivity index (χ1n) is 5.94. The average molecular weight is 259 g/mol. The molecule has 1 atom stereocenters. The van der Waals surface area contributed by atoms with Crippen LogP contribution in [0.5, 0.6) is 0 Å². The lowest BCUT2D eigenvalue weighted by atomic mass is 10.2. The van der Waals surface area contributed by atoms with Crippen LogP contribution in [0.1, 0.15) is 27.2 Å². The molecule has 3 amide bonds. The third-order valence-electron chi connectivity index (χ3n) is 2.37. The third-order valence-corrected chi connectivity index (χ3v) is 2.37. The third kappa shape index (κ3) is 6.72. The fraction of sp³-hybridized carbons (Fsp3) is 0.727. The molecule has 0 aromatic rings. The normalized spacial score (nSPS) is 11.5. The molecule has 0 saturated heterocycles. The minimum Gasteiger partial charge on any atom is -0.481 e. The van der Waals surface area contributed by atoms with Gasteiger partial charge in [-0.15, -0.1) is 0 Å². The van der Waals surface area contributed by atoms with E-state index >= 15 is 0 Å². The van der Waals surface area contributed by atoms with Crippen LogP contribution < -0.4 is 10.6 Å². The molecule has 7 heteroatoms. The molecule has 104 valence electrons. The summed E-state index contributed by atoms with van der Waals surface area (Å²) in [6, 6.07) is -1.02. The number of aliphatic carboxylic acids is 1. The summed E-state index contributed by atoms with van der Waals surface area (Å²) in [4.78, 5) is 34.9. The molecule has 0 aliphatic rings. The predicted octanol–water partition coefficient (Wildman–Crippen LogP) is 0.0172.